The third-order valence-electron chi connectivity index (χ3n) is 6.14. The molecule has 1 atom stereocenters. The Morgan fingerprint density at radius 3 is 2.00 bits per heavy atom. The number of ketones is 1. The van der Waals surface area contributed by atoms with Gasteiger partial charge in [-0.15, -0.1) is 0 Å². The van der Waals surface area contributed by atoms with Gasteiger partial charge in [0.2, 0.25) is 0 Å². The fourth-order valence-electron chi connectivity index (χ4n) is 4.61. The Morgan fingerprint density at radius 1 is 0.923 bits per heavy atom. The highest BCUT2D eigenvalue weighted by atomic mass is 16.7. The maximum Gasteiger partial charge on any atom is 0.170 e. The zero-order valence-electron chi connectivity index (χ0n) is 18.2. The fourth-order valence-corrected chi connectivity index (χ4v) is 4.61. The van der Waals surface area contributed by atoms with E-state index in [2.05, 4.69) is 34.6 Å². The number of Topliss-reactive ketones (excluding diaryl/α,β-unsaturated/α-hetero) is 1. The monoisotopic (exact) mass is 368 g/mol. The average Bonchev–Trinajstić information content (AvgIpc) is 2.59. The summed E-state index contributed by atoms with van der Waals surface area (Å²) in [6.45, 7) is 12.2. The molecule has 1 rings (SSSR count). The molecule has 0 aliphatic heterocycles. The second kappa shape index (κ2) is 12.1. The molecular weight excluding hydrogens is 324 g/mol. The van der Waals surface area contributed by atoms with Crippen molar-refractivity contribution in [1.82, 2.24) is 0 Å². The molecule has 0 saturated heterocycles. The summed E-state index contributed by atoms with van der Waals surface area (Å²) in [4.78, 5) is 11.5. The van der Waals surface area contributed by atoms with E-state index >= 15 is 0 Å². The van der Waals surface area contributed by atoms with Crippen LogP contribution in [0.15, 0.2) is 0 Å². The van der Waals surface area contributed by atoms with Crippen LogP contribution < -0.4 is 0 Å². The predicted molar refractivity (Wildman–Crippen MR) is 109 cm³/mol. The average molecular weight is 369 g/mol. The summed E-state index contributed by atoms with van der Waals surface area (Å²) in [5.41, 5.74) is 0.217. The first kappa shape index (κ1) is 23.6. The lowest BCUT2D eigenvalue weighted by Gasteiger charge is -2.43. The van der Waals surface area contributed by atoms with Crippen LogP contribution in [0.4, 0.5) is 0 Å². The second-order valence-corrected chi connectivity index (χ2v) is 8.53. The van der Waals surface area contributed by atoms with Crippen LogP contribution in [-0.4, -0.2) is 24.8 Å². The predicted octanol–water partition coefficient (Wildman–Crippen LogP) is 6.68. The van der Waals surface area contributed by atoms with Crippen molar-refractivity contribution in [2.24, 2.45) is 11.3 Å². The fraction of sp³-hybridized carbons (Fsp3) is 0.957. The summed E-state index contributed by atoms with van der Waals surface area (Å²) in [6.07, 6.45) is 13.7. The molecule has 1 aliphatic carbocycles. The Kier molecular flexibility index (Phi) is 11.0. The Bertz CT molecular complexity index is 377. The molecule has 0 radical (unpaired) electrons. The van der Waals surface area contributed by atoms with E-state index in [1.54, 1.807) is 0 Å². The van der Waals surface area contributed by atoms with Crippen molar-refractivity contribution in [3.8, 4) is 0 Å². The Hall–Kier alpha value is -0.410. The molecular formula is C23H44O3. The third-order valence-corrected chi connectivity index (χ3v) is 6.14. The molecule has 1 saturated carbocycles. The molecule has 3 heteroatoms. The Morgan fingerprint density at radius 2 is 1.50 bits per heavy atom. The van der Waals surface area contributed by atoms with Gasteiger partial charge in [0.15, 0.2) is 5.79 Å². The number of hydrogen-bond acceptors (Lipinski definition) is 3. The van der Waals surface area contributed by atoms with E-state index in [1.165, 1.54) is 44.9 Å². The molecule has 0 spiro atoms. The van der Waals surface area contributed by atoms with Gasteiger partial charge >= 0.3 is 0 Å². The topological polar surface area (TPSA) is 35.5 Å². The van der Waals surface area contributed by atoms with Gasteiger partial charge in [0, 0.05) is 32.0 Å². The number of unbranched alkanes of at least 4 members (excludes halogenated alkanes) is 5. The van der Waals surface area contributed by atoms with Gasteiger partial charge in [0.25, 0.3) is 0 Å². The highest BCUT2D eigenvalue weighted by Crippen LogP contribution is 2.45. The number of rotatable bonds is 16. The maximum atomic E-state index is 11.5. The lowest BCUT2D eigenvalue weighted by atomic mass is 9.65. The Balaban J connectivity index is 2.66. The highest BCUT2D eigenvalue weighted by molar-refractivity contribution is 5.85. The van der Waals surface area contributed by atoms with Crippen LogP contribution in [0.5, 0.6) is 0 Å². The lowest BCUT2D eigenvalue weighted by Crippen LogP contribution is -2.44. The highest BCUT2D eigenvalue weighted by Gasteiger charge is 2.43. The van der Waals surface area contributed by atoms with E-state index in [0.717, 1.165) is 32.1 Å². The van der Waals surface area contributed by atoms with Crippen molar-refractivity contribution in [1.29, 1.82) is 0 Å². The van der Waals surface area contributed by atoms with Crippen LogP contribution in [0.3, 0.4) is 0 Å². The molecule has 0 aromatic rings. The largest absolute Gasteiger partial charge is 0.350 e. The van der Waals surface area contributed by atoms with Gasteiger partial charge in [-0.05, 0) is 44.9 Å². The van der Waals surface area contributed by atoms with Gasteiger partial charge in [-0.25, -0.2) is 0 Å². The molecule has 0 bridgehead atoms. The van der Waals surface area contributed by atoms with E-state index in [9.17, 15) is 4.79 Å². The zero-order valence-corrected chi connectivity index (χ0v) is 18.2. The van der Waals surface area contributed by atoms with E-state index in [0.29, 0.717) is 24.9 Å². The second-order valence-electron chi connectivity index (χ2n) is 8.53. The summed E-state index contributed by atoms with van der Waals surface area (Å²) in [5.74, 6) is 0.402. The van der Waals surface area contributed by atoms with Crippen molar-refractivity contribution in [2.45, 2.75) is 117 Å². The quantitative estimate of drug-likeness (QED) is 0.225. The summed E-state index contributed by atoms with van der Waals surface area (Å²) in [5, 5.41) is 0. The summed E-state index contributed by atoms with van der Waals surface area (Å²) in [7, 11) is 0. The van der Waals surface area contributed by atoms with Crippen molar-refractivity contribution in [3.05, 3.63) is 0 Å². The summed E-state index contributed by atoms with van der Waals surface area (Å²) >= 11 is 0. The minimum atomic E-state index is -0.447. The molecule has 0 N–H and O–H groups in total. The molecule has 3 nitrogen and oxygen atoms in total. The lowest BCUT2D eigenvalue weighted by molar-refractivity contribution is -0.268. The van der Waals surface area contributed by atoms with Gasteiger partial charge < -0.3 is 9.47 Å². The number of carbonyl (C=O) groups excluding carboxylic acids is 1. The smallest absolute Gasteiger partial charge is 0.170 e. The maximum absolute atomic E-state index is 11.5. The first-order valence-electron chi connectivity index (χ1n) is 11.2. The molecule has 0 heterocycles. The van der Waals surface area contributed by atoms with Crippen LogP contribution in [0.25, 0.3) is 0 Å². The molecule has 26 heavy (non-hydrogen) atoms. The number of hydrogen-bond donors (Lipinski definition) is 0. The van der Waals surface area contributed by atoms with Crippen molar-refractivity contribution >= 4 is 5.78 Å². The molecule has 1 unspecified atom stereocenters. The normalized spacial score (nSPS) is 18.0. The van der Waals surface area contributed by atoms with Gasteiger partial charge in [-0.3, -0.25) is 4.79 Å². The molecule has 0 aromatic carbocycles. The van der Waals surface area contributed by atoms with E-state index in [-0.39, 0.29) is 5.41 Å². The van der Waals surface area contributed by atoms with Crippen molar-refractivity contribution in [2.75, 3.05) is 13.2 Å². The van der Waals surface area contributed by atoms with Crippen LogP contribution in [0.2, 0.25) is 0 Å². The number of ether oxygens (including phenoxy) is 2. The van der Waals surface area contributed by atoms with Crippen molar-refractivity contribution < 1.29 is 14.3 Å². The summed E-state index contributed by atoms with van der Waals surface area (Å²) < 4.78 is 12.5. The number of carbonyl (C=O) groups is 1. The van der Waals surface area contributed by atoms with Crippen LogP contribution in [0, 0.1) is 11.3 Å². The van der Waals surface area contributed by atoms with E-state index in [4.69, 9.17) is 9.47 Å². The zero-order chi connectivity index (χ0) is 19.5. The van der Waals surface area contributed by atoms with Gasteiger partial charge in [-0.2, -0.15) is 0 Å². The molecule has 0 amide bonds. The molecule has 154 valence electrons. The van der Waals surface area contributed by atoms with Crippen molar-refractivity contribution in [3.63, 3.8) is 0 Å². The van der Waals surface area contributed by atoms with Gasteiger partial charge in [0.1, 0.15) is 5.78 Å². The molecule has 1 aliphatic rings. The van der Waals surface area contributed by atoms with Gasteiger partial charge in [-0.1, -0.05) is 59.3 Å². The third kappa shape index (κ3) is 7.31. The van der Waals surface area contributed by atoms with Crippen LogP contribution in [0.1, 0.15) is 112 Å². The van der Waals surface area contributed by atoms with E-state index in [1.807, 2.05) is 0 Å². The standard InChI is InChI=1S/C23H44O3/c1-6-10-11-12-13-14-15-20(16-17-22(5)18-21(24)19-22)23(7-2,25-8-3)26-9-4/h20H,6-19H2,1-5H3. The minimum absolute atomic E-state index is 0.217. The molecule has 1 fully saturated rings. The van der Waals surface area contributed by atoms with E-state index < -0.39 is 5.79 Å². The van der Waals surface area contributed by atoms with Crippen LogP contribution in [-0.2, 0) is 14.3 Å². The first-order chi connectivity index (χ1) is 12.4. The SMILES string of the molecule is CCCCCCCCC(CCC1(C)CC(=O)C1)C(CC)(OCC)OCC. The van der Waals surface area contributed by atoms with Gasteiger partial charge in [0.05, 0.1) is 0 Å². The molecule has 0 aromatic heterocycles. The summed E-state index contributed by atoms with van der Waals surface area (Å²) in [6, 6.07) is 0. The minimum Gasteiger partial charge on any atom is -0.350 e. The first-order valence-corrected chi connectivity index (χ1v) is 11.2. The van der Waals surface area contributed by atoms with Crippen LogP contribution >= 0.6 is 0 Å². The Labute approximate surface area is 162 Å².